The van der Waals surface area contributed by atoms with Gasteiger partial charge in [0.25, 0.3) is 0 Å². The average Bonchev–Trinajstić information content (AvgIpc) is 2.08. The minimum Gasteiger partial charge on any atom is -0.381 e. The molecule has 0 spiro atoms. The normalized spacial score (nSPS) is 26.1. The minimum atomic E-state index is 0. The minimum absolute atomic E-state index is 0. The van der Waals surface area contributed by atoms with Gasteiger partial charge in [0, 0.05) is 13.2 Å². The molecule has 62 valence electrons. The van der Waals surface area contributed by atoms with Gasteiger partial charge < -0.3 is 4.74 Å². The highest BCUT2D eigenvalue weighted by molar-refractivity contribution is 7.59. The third-order valence-corrected chi connectivity index (χ3v) is 2.15. The third-order valence-electron chi connectivity index (χ3n) is 2.15. The molecule has 1 nitrogen and oxygen atoms in total. The Labute approximate surface area is 70.6 Å². The van der Waals surface area contributed by atoms with E-state index in [1.807, 2.05) is 0 Å². The van der Waals surface area contributed by atoms with Crippen molar-refractivity contribution in [2.75, 3.05) is 13.2 Å². The maximum absolute atomic E-state index is 5.28. The second-order valence-corrected chi connectivity index (χ2v) is 3.93. The molecule has 1 unspecified atom stereocenters. The van der Waals surface area contributed by atoms with E-state index < -0.39 is 0 Å². The first kappa shape index (κ1) is 10.3. The topological polar surface area (TPSA) is 9.23 Å². The summed E-state index contributed by atoms with van der Waals surface area (Å²) < 4.78 is 5.28. The SMILES string of the molecule is CC(C)(C)C1CCOC1.S. The van der Waals surface area contributed by atoms with Crippen LogP contribution in [-0.2, 0) is 4.74 Å². The molecule has 1 heterocycles. The van der Waals surface area contributed by atoms with Crippen molar-refractivity contribution in [1.82, 2.24) is 0 Å². The van der Waals surface area contributed by atoms with E-state index in [4.69, 9.17) is 4.74 Å². The quantitative estimate of drug-likeness (QED) is 0.530. The van der Waals surface area contributed by atoms with Gasteiger partial charge in [0.2, 0.25) is 0 Å². The molecular weight excluding hydrogens is 144 g/mol. The molecule has 0 N–H and O–H groups in total. The Morgan fingerprint density at radius 1 is 1.30 bits per heavy atom. The fourth-order valence-corrected chi connectivity index (χ4v) is 1.22. The van der Waals surface area contributed by atoms with Crippen LogP contribution >= 0.6 is 13.5 Å². The molecule has 0 amide bonds. The molecule has 1 aliphatic heterocycles. The van der Waals surface area contributed by atoms with Crippen LogP contribution in [0, 0.1) is 11.3 Å². The Hall–Kier alpha value is 0.310. The van der Waals surface area contributed by atoms with E-state index in [-0.39, 0.29) is 13.5 Å². The predicted octanol–water partition coefficient (Wildman–Crippen LogP) is 2.18. The van der Waals surface area contributed by atoms with E-state index in [0.717, 1.165) is 19.1 Å². The molecule has 1 aliphatic rings. The highest BCUT2D eigenvalue weighted by Gasteiger charge is 2.27. The van der Waals surface area contributed by atoms with Crippen LogP contribution in [0.2, 0.25) is 0 Å². The number of hydrogen-bond acceptors (Lipinski definition) is 1. The highest BCUT2D eigenvalue weighted by atomic mass is 32.1. The van der Waals surface area contributed by atoms with Gasteiger partial charge in [-0.15, -0.1) is 0 Å². The lowest BCUT2D eigenvalue weighted by atomic mass is 9.80. The summed E-state index contributed by atoms with van der Waals surface area (Å²) in [4.78, 5) is 0. The van der Waals surface area contributed by atoms with Crippen molar-refractivity contribution in [1.29, 1.82) is 0 Å². The van der Waals surface area contributed by atoms with Gasteiger partial charge in [-0.3, -0.25) is 0 Å². The standard InChI is InChI=1S/C8H16O.H2S/c1-8(2,3)7-4-5-9-6-7;/h7H,4-6H2,1-3H3;1H2. The van der Waals surface area contributed by atoms with Crippen LogP contribution in [0.3, 0.4) is 0 Å². The molecule has 1 fully saturated rings. The summed E-state index contributed by atoms with van der Waals surface area (Å²) in [6.45, 7) is 8.80. The molecule has 1 rings (SSSR count). The molecule has 0 saturated carbocycles. The Balaban J connectivity index is 0.000000810. The van der Waals surface area contributed by atoms with Gasteiger partial charge in [-0.05, 0) is 17.8 Å². The summed E-state index contributed by atoms with van der Waals surface area (Å²) in [6.07, 6.45) is 1.25. The Bertz CT molecular complexity index is 89.9. The molecular formula is C8H18OS. The summed E-state index contributed by atoms with van der Waals surface area (Å²) in [6, 6.07) is 0. The first-order chi connectivity index (χ1) is 4.11. The summed E-state index contributed by atoms with van der Waals surface area (Å²) >= 11 is 0. The fourth-order valence-electron chi connectivity index (χ4n) is 1.22. The lowest BCUT2D eigenvalue weighted by molar-refractivity contribution is 0.152. The van der Waals surface area contributed by atoms with Gasteiger partial charge in [0.05, 0.1) is 0 Å². The van der Waals surface area contributed by atoms with E-state index in [9.17, 15) is 0 Å². The van der Waals surface area contributed by atoms with Gasteiger partial charge in [-0.1, -0.05) is 20.8 Å². The Morgan fingerprint density at radius 3 is 2.10 bits per heavy atom. The monoisotopic (exact) mass is 162 g/mol. The summed E-state index contributed by atoms with van der Waals surface area (Å²) in [5.74, 6) is 0.789. The van der Waals surface area contributed by atoms with Crippen molar-refractivity contribution in [2.24, 2.45) is 11.3 Å². The van der Waals surface area contributed by atoms with E-state index in [1.54, 1.807) is 0 Å². The van der Waals surface area contributed by atoms with Crippen LogP contribution in [-0.4, -0.2) is 13.2 Å². The number of rotatable bonds is 0. The highest BCUT2D eigenvalue weighted by Crippen LogP contribution is 2.31. The molecule has 0 radical (unpaired) electrons. The van der Waals surface area contributed by atoms with Gasteiger partial charge in [-0.2, -0.15) is 13.5 Å². The van der Waals surface area contributed by atoms with Crippen molar-refractivity contribution in [3.63, 3.8) is 0 Å². The van der Waals surface area contributed by atoms with Gasteiger partial charge >= 0.3 is 0 Å². The Kier molecular flexibility index (Phi) is 3.74. The molecule has 10 heavy (non-hydrogen) atoms. The summed E-state index contributed by atoms with van der Waals surface area (Å²) in [5, 5.41) is 0. The van der Waals surface area contributed by atoms with Crippen LogP contribution in [0.5, 0.6) is 0 Å². The molecule has 1 atom stereocenters. The first-order valence-corrected chi connectivity index (χ1v) is 3.68. The smallest absolute Gasteiger partial charge is 0.0500 e. The van der Waals surface area contributed by atoms with Crippen molar-refractivity contribution < 1.29 is 4.74 Å². The van der Waals surface area contributed by atoms with Gasteiger partial charge in [0.1, 0.15) is 0 Å². The molecule has 0 bridgehead atoms. The second-order valence-electron chi connectivity index (χ2n) is 3.93. The largest absolute Gasteiger partial charge is 0.381 e. The lowest BCUT2D eigenvalue weighted by Crippen LogP contribution is -2.19. The van der Waals surface area contributed by atoms with Gasteiger partial charge in [0.15, 0.2) is 0 Å². The summed E-state index contributed by atoms with van der Waals surface area (Å²) in [5.41, 5.74) is 0.455. The van der Waals surface area contributed by atoms with Gasteiger partial charge in [-0.25, -0.2) is 0 Å². The molecule has 0 aromatic rings. The first-order valence-electron chi connectivity index (χ1n) is 3.68. The molecule has 0 aromatic heterocycles. The van der Waals surface area contributed by atoms with E-state index in [0.29, 0.717) is 5.41 Å². The predicted molar refractivity (Wildman–Crippen MR) is 48.8 cm³/mol. The average molecular weight is 162 g/mol. The van der Waals surface area contributed by atoms with Crippen LogP contribution < -0.4 is 0 Å². The van der Waals surface area contributed by atoms with E-state index >= 15 is 0 Å². The van der Waals surface area contributed by atoms with Crippen LogP contribution in [0.4, 0.5) is 0 Å². The van der Waals surface area contributed by atoms with E-state index in [1.165, 1.54) is 6.42 Å². The van der Waals surface area contributed by atoms with Crippen LogP contribution in [0.1, 0.15) is 27.2 Å². The molecule has 0 aromatic carbocycles. The third kappa shape index (κ3) is 2.51. The Morgan fingerprint density at radius 2 is 1.90 bits per heavy atom. The van der Waals surface area contributed by atoms with Crippen molar-refractivity contribution in [3.8, 4) is 0 Å². The zero-order chi connectivity index (χ0) is 6.91. The zero-order valence-corrected chi connectivity index (χ0v) is 8.11. The van der Waals surface area contributed by atoms with Crippen LogP contribution in [0.25, 0.3) is 0 Å². The van der Waals surface area contributed by atoms with Crippen LogP contribution in [0.15, 0.2) is 0 Å². The second kappa shape index (κ2) is 3.63. The number of ether oxygens (including phenoxy) is 1. The molecule has 1 saturated heterocycles. The molecule has 0 aliphatic carbocycles. The maximum Gasteiger partial charge on any atom is 0.0500 e. The van der Waals surface area contributed by atoms with E-state index in [2.05, 4.69) is 20.8 Å². The zero-order valence-electron chi connectivity index (χ0n) is 7.11. The maximum atomic E-state index is 5.28. The van der Waals surface area contributed by atoms with Crippen molar-refractivity contribution >= 4 is 13.5 Å². The fraction of sp³-hybridized carbons (Fsp3) is 1.00. The molecule has 2 heteroatoms. The summed E-state index contributed by atoms with van der Waals surface area (Å²) in [7, 11) is 0. The lowest BCUT2D eigenvalue weighted by Gasteiger charge is -2.24. The number of hydrogen-bond donors (Lipinski definition) is 0. The van der Waals surface area contributed by atoms with Crippen molar-refractivity contribution in [3.05, 3.63) is 0 Å². The van der Waals surface area contributed by atoms with Crippen molar-refractivity contribution in [2.45, 2.75) is 27.2 Å².